The Balaban J connectivity index is 2.38. The Hall–Kier alpha value is -2.92. The highest BCUT2D eigenvalue weighted by Gasteiger charge is 2.53. The molecular formula is C22H33N3O8. The van der Waals surface area contributed by atoms with E-state index in [1.54, 1.807) is 41.5 Å². The molecule has 0 saturated carbocycles. The van der Waals surface area contributed by atoms with E-state index in [4.69, 9.17) is 24.2 Å². The zero-order valence-corrected chi connectivity index (χ0v) is 19.8. The minimum Gasteiger partial charge on any atom is -0.463 e. The summed E-state index contributed by atoms with van der Waals surface area (Å²) >= 11 is 0. The number of hydroxylamine groups is 1. The number of nitrogens with one attached hydrogen (secondary N) is 1. The molecule has 2 heterocycles. The molecule has 1 saturated heterocycles. The van der Waals surface area contributed by atoms with E-state index >= 15 is 0 Å². The van der Waals surface area contributed by atoms with Crippen molar-refractivity contribution in [2.45, 2.75) is 66.1 Å². The number of carbonyl (C=O) groups is 3. The van der Waals surface area contributed by atoms with E-state index in [-0.39, 0.29) is 24.2 Å². The Labute approximate surface area is 193 Å². The number of hydrogen-bond donors (Lipinski definition) is 2. The van der Waals surface area contributed by atoms with Gasteiger partial charge in [0.25, 0.3) is 0 Å². The van der Waals surface area contributed by atoms with Crippen LogP contribution < -0.4 is 5.48 Å². The van der Waals surface area contributed by atoms with Crippen LogP contribution in [0.2, 0.25) is 0 Å². The summed E-state index contributed by atoms with van der Waals surface area (Å²) in [6.45, 7) is 13.7. The summed E-state index contributed by atoms with van der Waals surface area (Å²) in [6, 6.07) is 0. The quantitative estimate of drug-likeness (QED) is 0.308. The number of hydrogen-bond acceptors (Lipinski definition) is 11. The lowest BCUT2D eigenvalue weighted by Gasteiger charge is -2.32. The van der Waals surface area contributed by atoms with Crippen LogP contribution in [0.25, 0.3) is 0 Å². The molecule has 0 aliphatic carbocycles. The van der Waals surface area contributed by atoms with Gasteiger partial charge in [-0.05, 0) is 6.08 Å². The molecule has 2 aliphatic heterocycles. The highest BCUT2D eigenvalue weighted by atomic mass is 16.7. The average Bonchev–Trinajstić information content (AvgIpc) is 3.08. The monoisotopic (exact) mass is 467 g/mol. The third-order valence-corrected chi connectivity index (χ3v) is 4.92. The van der Waals surface area contributed by atoms with E-state index in [0.29, 0.717) is 0 Å². The first-order chi connectivity index (χ1) is 15.5. The molecule has 11 heteroatoms. The summed E-state index contributed by atoms with van der Waals surface area (Å²) in [5, 5.41) is 9.10. The molecule has 2 aliphatic rings. The van der Waals surface area contributed by atoms with Crippen molar-refractivity contribution in [3.63, 3.8) is 0 Å². The van der Waals surface area contributed by atoms with Crippen LogP contribution >= 0.6 is 0 Å². The van der Waals surface area contributed by atoms with E-state index in [0.717, 1.165) is 0 Å². The van der Waals surface area contributed by atoms with Gasteiger partial charge < -0.3 is 23.8 Å². The van der Waals surface area contributed by atoms with E-state index in [2.05, 4.69) is 11.6 Å². The molecule has 0 bridgehead atoms. The minimum atomic E-state index is -1.06. The first kappa shape index (κ1) is 26.3. The first-order valence-corrected chi connectivity index (χ1v) is 10.8. The Morgan fingerprint density at radius 2 is 1.61 bits per heavy atom. The molecule has 11 nitrogen and oxygen atoms in total. The molecule has 0 unspecified atom stereocenters. The summed E-state index contributed by atoms with van der Waals surface area (Å²) in [5.41, 5.74) is 1.93. The average molecular weight is 468 g/mol. The van der Waals surface area contributed by atoms with Crippen LogP contribution in [-0.2, 0) is 33.3 Å². The number of rotatable bonds is 8. The number of ether oxygens (including phenoxy) is 4. The smallest absolute Gasteiger partial charge is 0.308 e. The lowest BCUT2D eigenvalue weighted by molar-refractivity contribution is -0.173. The van der Waals surface area contributed by atoms with Crippen molar-refractivity contribution in [3.05, 3.63) is 24.7 Å². The fraction of sp³-hybridized carbons (Fsp3) is 0.636. The van der Waals surface area contributed by atoms with Crippen molar-refractivity contribution < 1.29 is 38.5 Å². The summed E-state index contributed by atoms with van der Waals surface area (Å²) < 4.78 is 22.8. The normalized spacial score (nSPS) is 24.8. The maximum Gasteiger partial charge on any atom is 0.308 e. The molecule has 184 valence electrons. The van der Waals surface area contributed by atoms with Gasteiger partial charge >= 0.3 is 17.9 Å². The van der Waals surface area contributed by atoms with E-state index in [1.807, 2.05) is 5.48 Å². The number of nitrogens with zero attached hydrogens (tertiary/aromatic N) is 2. The molecule has 0 aromatic rings. The Kier molecular flexibility index (Phi) is 9.00. The third kappa shape index (κ3) is 6.55. The Morgan fingerprint density at radius 1 is 1.06 bits per heavy atom. The Morgan fingerprint density at radius 3 is 2.09 bits per heavy atom. The number of amidine groups is 1. The molecule has 2 rings (SSSR count). The second-order valence-corrected chi connectivity index (χ2v) is 8.71. The van der Waals surface area contributed by atoms with Crippen LogP contribution in [0, 0.1) is 17.8 Å². The van der Waals surface area contributed by atoms with Gasteiger partial charge in [0.1, 0.15) is 18.5 Å². The van der Waals surface area contributed by atoms with Gasteiger partial charge in [0.15, 0.2) is 24.3 Å². The number of esters is 3. The molecule has 0 amide bonds. The highest BCUT2D eigenvalue weighted by molar-refractivity contribution is 5.93. The molecule has 1 fully saturated rings. The molecule has 33 heavy (non-hydrogen) atoms. The molecule has 2 N–H and O–H groups in total. The predicted molar refractivity (Wildman–Crippen MR) is 116 cm³/mol. The summed E-state index contributed by atoms with van der Waals surface area (Å²) in [5.74, 6) is -2.42. The predicted octanol–water partition coefficient (Wildman–Crippen LogP) is 1.72. The highest BCUT2D eigenvalue weighted by Crippen LogP contribution is 2.33. The van der Waals surface area contributed by atoms with E-state index in [9.17, 15) is 14.4 Å². The second-order valence-electron chi connectivity index (χ2n) is 8.71. The third-order valence-electron chi connectivity index (χ3n) is 4.92. The first-order valence-electron chi connectivity index (χ1n) is 10.8. The van der Waals surface area contributed by atoms with Crippen molar-refractivity contribution in [3.8, 4) is 0 Å². The SMILES string of the molecule is C=C1N=C(NO)C=CN1[C@@H]1O[C@H](COC(=O)C(C)C)[C@@H](OC(=O)C(C)C)[C@H]1OC(=O)C(C)C. The molecule has 4 atom stereocenters. The zero-order chi connectivity index (χ0) is 24.9. The van der Waals surface area contributed by atoms with Gasteiger partial charge in [-0.15, -0.1) is 0 Å². The van der Waals surface area contributed by atoms with Crippen molar-refractivity contribution in [2.24, 2.45) is 22.7 Å². The van der Waals surface area contributed by atoms with Gasteiger partial charge in [-0.1, -0.05) is 48.1 Å². The maximum atomic E-state index is 12.5. The van der Waals surface area contributed by atoms with Crippen LogP contribution in [-0.4, -0.2) is 65.0 Å². The topological polar surface area (TPSA) is 136 Å². The summed E-state index contributed by atoms with van der Waals surface area (Å²) in [7, 11) is 0. The van der Waals surface area contributed by atoms with E-state index < -0.39 is 54.3 Å². The van der Waals surface area contributed by atoms with Crippen LogP contribution in [0.3, 0.4) is 0 Å². The lowest BCUT2D eigenvalue weighted by Crippen LogP contribution is -2.47. The number of aliphatic imine (C=N–C) groups is 1. The largest absolute Gasteiger partial charge is 0.463 e. The molecule has 0 aromatic heterocycles. The summed E-state index contributed by atoms with van der Waals surface area (Å²) in [6.07, 6.45) is -1.01. The van der Waals surface area contributed by atoms with Gasteiger partial charge in [-0.3, -0.25) is 25.1 Å². The molecule has 0 radical (unpaired) electrons. The van der Waals surface area contributed by atoms with Crippen LogP contribution in [0.5, 0.6) is 0 Å². The van der Waals surface area contributed by atoms with Gasteiger partial charge in [0.2, 0.25) is 0 Å². The van der Waals surface area contributed by atoms with Gasteiger partial charge in [0, 0.05) is 6.20 Å². The fourth-order valence-electron chi connectivity index (χ4n) is 2.97. The van der Waals surface area contributed by atoms with Gasteiger partial charge in [-0.25, -0.2) is 4.99 Å². The van der Waals surface area contributed by atoms with Crippen LogP contribution in [0.15, 0.2) is 29.7 Å². The number of carbonyl (C=O) groups excluding carboxylic acids is 3. The zero-order valence-electron chi connectivity index (χ0n) is 19.8. The standard InChI is InChI=1S/C22H33N3O8/c1-11(2)20(26)30-10-15-17(32-21(27)12(3)4)18(33-22(28)13(5)6)19(31-15)25-9-8-16(24-29)23-14(25)7/h8-9,11-13,15,17-19,29H,7,10H2,1-6H3,(H,23,24)/t15-,17-,18-,19-/m1/s1. The minimum absolute atomic E-state index is 0.148. The maximum absolute atomic E-state index is 12.5. The van der Waals surface area contributed by atoms with Gasteiger partial charge in [0.05, 0.1) is 17.8 Å². The molecule has 0 aromatic carbocycles. The van der Waals surface area contributed by atoms with Crippen molar-refractivity contribution in [2.75, 3.05) is 6.61 Å². The molecule has 0 spiro atoms. The summed E-state index contributed by atoms with van der Waals surface area (Å²) in [4.78, 5) is 42.6. The van der Waals surface area contributed by atoms with Crippen molar-refractivity contribution in [1.29, 1.82) is 0 Å². The van der Waals surface area contributed by atoms with E-state index in [1.165, 1.54) is 17.2 Å². The van der Waals surface area contributed by atoms with Crippen molar-refractivity contribution >= 4 is 23.7 Å². The van der Waals surface area contributed by atoms with Crippen LogP contribution in [0.4, 0.5) is 0 Å². The van der Waals surface area contributed by atoms with Crippen molar-refractivity contribution in [1.82, 2.24) is 10.4 Å². The molecular weight excluding hydrogens is 434 g/mol. The van der Waals surface area contributed by atoms with Crippen LogP contribution in [0.1, 0.15) is 41.5 Å². The second kappa shape index (κ2) is 11.3. The lowest BCUT2D eigenvalue weighted by atomic mass is 10.1. The fourth-order valence-corrected chi connectivity index (χ4v) is 2.97. The Bertz CT molecular complexity index is 820. The van der Waals surface area contributed by atoms with Gasteiger partial charge in [-0.2, -0.15) is 0 Å².